The highest BCUT2D eigenvalue weighted by atomic mass is 79.9. The number of halogens is 2. The van der Waals surface area contributed by atoms with Crippen LogP contribution in [0.4, 0.5) is 5.69 Å². The maximum absolute atomic E-state index is 11.8. The molecule has 1 rings (SSSR count). The van der Waals surface area contributed by atoms with Crippen LogP contribution in [0.2, 0.25) is 0 Å². The van der Waals surface area contributed by atoms with E-state index in [-0.39, 0.29) is 28.8 Å². The molecule has 0 bridgehead atoms. The highest BCUT2D eigenvalue weighted by molar-refractivity contribution is 9.10. The molecule has 0 spiro atoms. The van der Waals surface area contributed by atoms with Crippen molar-refractivity contribution in [1.29, 1.82) is 5.26 Å². The predicted molar refractivity (Wildman–Crippen MR) is 76.2 cm³/mol. The number of hydrogen-bond acceptors (Lipinski definition) is 3. The van der Waals surface area contributed by atoms with E-state index >= 15 is 0 Å². The number of benzene rings is 1. The Morgan fingerprint density at radius 1 is 1.56 bits per heavy atom. The molecule has 4 nitrogen and oxygen atoms in total. The number of sulfonamides is 1. The summed E-state index contributed by atoms with van der Waals surface area (Å²) in [5.41, 5.74) is 0.550. The fourth-order valence-corrected chi connectivity index (χ4v) is 3.39. The third-order valence-corrected chi connectivity index (χ3v) is 4.69. The van der Waals surface area contributed by atoms with E-state index in [0.717, 1.165) is 4.47 Å². The van der Waals surface area contributed by atoms with Crippen LogP contribution in [0.3, 0.4) is 0 Å². The van der Waals surface area contributed by atoms with Crippen molar-refractivity contribution in [3.05, 3.63) is 28.2 Å². The zero-order valence-corrected chi connectivity index (χ0v) is 12.8. The van der Waals surface area contributed by atoms with Crippen molar-refractivity contribution in [3.63, 3.8) is 0 Å². The molecule has 0 aliphatic heterocycles. The van der Waals surface area contributed by atoms with Crippen LogP contribution in [0.25, 0.3) is 0 Å². The molecule has 0 saturated carbocycles. The minimum atomic E-state index is -3.49. The Morgan fingerprint density at radius 3 is 2.78 bits per heavy atom. The lowest BCUT2D eigenvalue weighted by atomic mass is 10.2. The predicted octanol–water partition coefficient (Wildman–Crippen LogP) is 2.94. The normalized spacial score (nSPS) is 12.8. The lowest BCUT2D eigenvalue weighted by molar-refractivity contribution is 0.588. The van der Waals surface area contributed by atoms with E-state index in [9.17, 15) is 8.42 Å². The summed E-state index contributed by atoms with van der Waals surface area (Å²) in [6.07, 6.45) is 0. The molecule has 0 radical (unpaired) electrons. The van der Waals surface area contributed by atoms with Crippen molar-refractivity contribution < 1.29 is 8.42 Å². The van der Waals surface area contributed by atoms with Crippen molar-refractivity contribution in [1.82, 2.24) is 0 Å². The van der Waals surface area contributed by atoms with E-state index < -0.39 is 10.0 Å². The first-order chi connectivity index (χ1) is 8.38. The monoisotopic (exact) mass is 350 g/mol. The Kier molecular flexibility index (Phi) is 5.45. The van der Waals surface area contributed by atoms with Gasteiger partial charge >= 0.3 is 0 Å². The minimum Gasteiger partial charge on any atom is -0.282 e. The maximum atomic E-state index is 11.8. The van der Waals surface area contributed by atoms with Crippen molar-refractivity contribution in [3.8, 4) is 6.07 Å². The molecule has 1 unspecified atom stereocenters. The van der Waals surface area contributed by atoms with Crippen LogP contribution in [-0.4, -0.2) is 20.1 Å². The van der Waals surface area contributed by atoms with Gasteiger partial charge in [-0.15, -0.1) is 11.6 Å². The summed E-state index contributed by atoms with van der Waals surface area (Å²) in [4.78, 5) is 0. The molecule has 1 N–H and O–H groups in total. The maximum Gasteiger partial charge on any atom is 0.233 e. The van der Waals surface area contributed by atoms with Gasteiger partial charge in [0.1, 0.15) is 6.07 Å². The van der Waals surface area contributed by atoms with Gasteiger partial charge in [0.05, 0.1) is 17.0 Å². The number of hydrogen-bond donors (Lipinski definition) is 1. The summed E-state index contributed by atoms with van der Waals surface area (Å²) in [5.74, 6) is 0.0502. The molecule has 98 valence electrons. The molecule has 7 heteroatoms. The smallest absolute Gasteiger partial charge is 0.233 e. The average molecular weight is 352 g/mol. The van der Waals surface area contributed by atoms with Gasteiger partial charge in [-0.25, -0.2) is 8.42 Å². The number of alkyl halides is 1. The first kappa shape index (κ1) is 15.3. The van der Waals surface area contributed by atoms with Gasteiger partial charge in [-0.1, -0.05) is 22.9 Å². The van der Waals surface area contributed by atoms with Gasteiger partial charge in [-0.3, -0.25) is 4.72 Å². The van der Waals surface area contributed by atoms with Crippen molar-refractivity contribution in [2.24, 2.45) is 5.92 Å². The van der Waals surface area contributed by atoms with Gasteiger partial charge in [0.2, 0.25) is 10.0 Å². The van der Waals surface area contributed by atoms with Gasteiger partial charge in [0.15, 0.2) is 0 Å². The zero-order chi connectivity index (χ0) is 13.8. The van der Waals surface area contributed by atoms with Gasteiger partial charge in [-0.2, -0.15) is 5.26 Å². The topological polar surface area (TPSA) is 70.0 Å². The summed E-state index contributed by atoms with van der Waals surface area (Å²) in [7, 11) is -3.49. The molecule has 18 heavy (non-hydrogen) atoms. The van der Waals surface area contributed by atoms with Gasteiger partial charge < -0.3 is 0 Å². The summed E-state index contributed by atoms with van der Waals surface area (Å²) in [6.45, 7) is 1.75. The first-order valence-electron chi connectivity index (χ1n) is 5.14. The minimum absolute atomic E-state index is 0.0720. The number of nitrogens with zero attached hydrogens (tertiary/aromatic N) is 1. The van der Waals surface area contributed by atoms with Crippen molar-refractivity contribution >= 4 is 43.2 Å². The molecule has 1 aromatic rings. The molecular formula is C11H12BrClN2O2S. The van der Waals surface area contributed by atoms with E-state index in [1.807, 2.05) is 6.07 Å². The van der Waals surface area contributed by atoms with Crippen LogP contribution >= 0.6 is 27.5 Å². The summed E-state index contributed by atoms with van der Waals surface area (Å²) >= 11 is 8.81. The number of nitriles is 1. The quantitative estimate of drug-likeness (QED) is 0.829. The largest absolute Gasteiger partial charge is 0.282 e. The van der Waals surface area contributed by atoms with E-state index in [4.69, 9.17) is 16.9 Å². The lowest BCUT2D eigenvalue weighted by Crippen LogP contribution is -2.22. The molecule has 0 aromatic heterocycles. The van der Waals surface area contributed by atoms with E-state index in [2.05, 4.69) is 20.7 Å². The van der Waals surface area contributed by atoms with E-state index in [1.165, 1.54) is 0 Å². The Bertz CT molecular complexity index is 569. The lowest BCUT2D eigenvalue weighted by Gasteiger charge is -2.12. The fourth-order valence-electron chi connectivity index (χ4n) is 1.33. The third kappa shape index (κ3) is 4.48. The van der Waals surface area contributed by atoms with Crippen LogP contribution in [0.5, 0.6) is 0 Å². The second-order valence-electron chi connectivity index (χ2n) is 3.94. The van der Waals surface area contributed by atoms with Crippen LogP contribution in [-0.2, 0) is 10.0 Å². The number of rotatable bonds is 5. The van der Waals surface area contributed by atoms with E-state index in [1.54, 1.807) is 25.1 Å². The molecule has 0 amide bonds. The molecule has 0 aliphatic carbocycles. The molecule has 0 saturated heterocycles. The van der Waals surface area contributed by atoms with Gasteiger partial charge in [0, 0.05) is 10.4 Å². The third-order valence-electron chi connectivity index (χ3n) is 2.13. The fraction of sp³-hybridized carbons (Fsp3) is 0.364. The molecule has 0 fully saturated rings. The van der Waals surface area contributed by atoms with Crippen LogP contribution < -0.4 is 4.72 Å². The summed E-state index contributed by atoms with van der Waals surface area (Å²) in [6, 6.07) is 6.72. The molecular weight excluding hydrogens is 340 g/mol. The van der Waals surface area contributed by atoms with Crippen LogP contribution in [0.15, 0.2) is 22.7 Å². The SMILES string of the molecule is CC(CCl)CS(=O)(=O)Nc1ccc(Br)cc1C#N. The van der Waals surface area contributed by atoms with Crippen molar-refractivity contribution in [2.45, 2.75) is 6.92 Å². The van der Waals surface area contributed by atoms with Crippen LogP contribution in [0, 0.1) is 17.2 Å². The van der Waals surface area contributed by atoms with Gasteiger partial charge in [-0.05, 0) is 24.1 Å². The zero-order valence-electron chi connectivity index (χ0n) is 9.65. The first-order valence-corrected chi connectivity index (χ1v) is 8.12. The van der Waals surface area contributed by atoms with E-state index in [0.29, 0.717) is 0 Å². The Morgan fingerprint density at radius 2 is 2.22 bits per heavy atom. The molecule has 1 atom stereocenters. The summed E-state index contributed by atoms with van der Waals surface area (Å²) in [5, 5.41) is 8.94. The second kappa shape index (κ2) is 6.41. The number of nitrogens with one attached hydrogen (secondary N) is 1. The Hall–Kier alpha value is -0.770. The highest BCUT2D eigenvalue weighted by Crippen LogP contribution is 2.21. The average Bonchev–Trinajstić information content (AvgIpc) is 2.30. The Balaban J connectivity index is 2.95. The molecule has 1 aromatic carbocycles. The number of anilines is 1. The van der Waals surface area contributed by atoms with Gasteiger partial charge in [0.25, 0.3) is 0 Å². The van der Waals surface area contributed by atoms with Crippen molar-refractivity contribution in [2.75, 3.05) is 16.4 Å². The summed E-state index contributed by atoms with van der Waals surface area (Å²) < 4.78 is 26.8. The highest BCUT2D eigenvalue weighted by Gasteiger charge is 2.16. The molecule has 0 aliphatic rings. The van der Waals surface area contributed by atoms with Crippen LogP contribution in [0.1, 0.15) is 12.5 Å². The Labute approximate surface area is 120 Å². The second-order valence-corrected chi connectivity index (χ2v) is 6.94. The molecule has 0 heterocycles. The standard InChI is InChI=1S/C11H12BrClN2O2S/c1-8(5-13)7-18(16,17)15-11-3-2-10(12)4-9(11)6-14/h2-4,8,15H,5,7H2,1H3.